The van der Waals surface area contributed by atoms with Gasteiger partial charge in [0.25, 0.3) is 0 Å². The molecule has 0 aliphatic rings. The van der Waals surface area contributed by atoms with Crippen LogP contribution >= 0.6 is 0 Å². The summed E-state index contributed by atoms with van der Waals surface area (Å²) in [5.41, 5.74) is 7.88. The maximum Gasteiger partial charge on any atom is 0.303 e. The minimum absolute atomic E-state index is 0.252. The van der Waals surface area contributed by atoms with Gasteiger partial charge in [0.1, 0.15) is 5.75 Å². The molecule has 0 fully saturated rings. The number of carboxylic acids is 1. The number of rotatable bonds is 16. The number of ether oxygens (including phenoxy) is 1. The molecule has 3 heteroatoms. The first-order valence-electron chi connectivity index (χ1n) is 13.3. The number of unbranched alkanes of at least 4 members (excludes halogenated alkanes) is 3. The minimum Gasteiger partial charge on any atom is -0.493 e. The van der Waals surface area contributed by atoms with Gasteiger partial charge >= 0.3 is 5.97 Å². The van der Waals surface area contributed by atoms with Crippen LogP contribution in [0.4, 0.5) is 0 Å². The third-order valence-electron chi connectivity index (χ3n) is 6.94. The van der Waals surface area contributed by atoms with Gasteiger partial charge in [0.15, 0.2) is 0 Å². The number of hydrogen-bond acceptors (Lipinski definition) is 2. The Balaban J connectivity index is 1.87. The zero-order valence-electron chi connectivity index (χ0n) is 22.2. The van der Waals surface area contributed by atoms with Gasteiger partial charge in [-0.3, -0.25) is 4.79 Å². The van der Waals surface area contributed by atoms with Gasteiger partial charge in [0.05, 0.1) is 6.61 Å². The quantitative estimate of drug-likeness (QED) is 0.253. The average Bonchev–Trinajstić information content (AvgIpc) is 2.78. The van der Waals surface area contributed by atoms with E-state index >= 15 is 0 Å². The highest BCUT2D eigenvalue weighted by molar-refractivity contribution is 5.66. The monoisotopic (exact) mass is 466 g/mol. The van der Waals surface area contributed by atoms with Crippen LogP contribution in [-0.4, -0.2) is 17.7 Å². The number of aryl methyl sites for hydroxylation is 5. The highest BCUT2D eigenvalue weighted by Crippen LogP contribution is 2.27. The molecule has 0 heterocycles. The Labute approximate surface area is 207 Å². The first-order chi connectivity index (χ1) is 16.3. The van der Waals surface area contributed by atoms with Crippen molar-refractivity contribution >= 4 is 5.97 Å². The molecule has 0 aliphatic heterocycles. The Kier molecular flexibility index (Phi) is 12.2. The standard InChI is InChI=1S/C31H46O3/c1-6-7-8-12-27(22-29-17-16-23(2)24(3)19-29)14-11-18-34-31-25(4)20-28(21-26(31)5)13-9-10-15-30(32)33/h16-17,19-21,27H,6-15,18,22H2,1-5H3,(H,32,33). The average molecular weight is 467 g/mol. The third-order valence-corrected chi connectivity index (χ3v) is 6.94. The van der Waals surface area contributed by atoms with E-state index in [2.05, 4.69) is 65.0 Å². The normalized spacial score (nSPS) is 12.0. The van der Waals surface area contributed by atoms with Gasteiger partial charge in [-0.1, -0.05) is 62.9 Å². The molecular formula is C31H46O3. The highest BCUT2D eigenvalue weighted by Gasteiger charge is 2.12. The second-order valence-electron chi connectivity index (χ2n) is 10.1. The maximum atomic E-state index is 10.7. The first kappa shape index (κ1) is 28.0. The fourth-order valence-corrected chi connectivity index (χ4v) is 4.86. The predicted molar refractivity (Wildman–Crippen MR) is 143 cm³/mol. The van der Waals surface area contributed by atoms with Crippen molar-refractivity contribution in [3.8, 4) is 5.75 Å². The lowest BCUT2D eigenvalue weighted by Gasteiger charge is -2.19. The second kappa shape index (κ2) is 14.9. The summed E-state index contributed by atoms with van der Waals surface area (Å²) in [5, 5.41) is 8.80. The number of hydrogen-bond donors (Lipinski definition) is 1. The molecule has 0 amide bonds. The van der Waals surface area contributed by atoms with Gasteiger partial charge in [0, 0.05) is 6.42 Å². The Morgan fingerprint density at radius 1 is 0.824 bits per heavy atom. The van der Waals surface area contributed by atoms with Crippen molar-refractivity contribution in [1.29, 1.82) is 0 Å². The van der Waals surface area contributed by atoms with Crippen LogP contribution in [0.5, 0.6) is 5.75 Å². The molecule has 3 nitrogen and oxygen atoms in total. The SMILES string of the molecule is CCCCCC(CCCOc1c(C)cc(CCCCC(=O)O)cc1C)Cc1ccc(C)c(C)c1. The van der Waals surface area contributed by atoms with Crippen LogP contribution in [0.3, 0.4) is 0 Å². The lowest BCUT2D eigenvalue weighted by atomic mass is 9.89. The van der Waals surface area contributed by atoms with Crippen LogP contribution in [0.15, 0.2) is 30.3 Å². The molecule has 0 saturated carbocycles. The summed E-state index contributed by atoms with van der Waals surface area (Å²) in [4.78, 5) is 10.7. The highest BCUT2D eigenvalue weighted by atomic mass is 16.5. The van der Waals surface area contributed by atoms with Gasteiger partial charge in [-0.15, -0.1) is 0 Å². The fraction of sp³-hybridized carbons (Fsp3) is 0.581. The van der Waals surface area contributed by atoms with Crippen LogP contribution in [0, 0.1) is 33.6 Å². The molecule has 1 atom stereocenters. The molecule has 2 aromatic carbocycles. The summed E-state index contributed by atoms with van der Waals surface area (Å²) in [6, 6.07) is 11.3. The van der Waals surface area contributed by atoms with Gasteiger partial charge in [0.2, 0.25) is 0 Å². The van der Waals surface area contributed by atoms with E-state index in [1.54, 1.807) is 0 Å². The van der Waals surface area contributed by atoms with Gasteiger partial charge in [-0.2, -0.15) is 0 Å². The van der Waals surface area contributed by atoms with Crippen molar-refractivity contribution in [1.82, 2.24) is 0 Å². The molecule has 0 radical (unpaired) electrons. The zero-order chi connectivity index (χ0) is 24.9. The molecule has 0 aromatic heterocycles. The molecule has 34 heavy (non-hydrogen) atoms. The van der Waals surface area contributed by atoms with E-state index in [0.717, 1.165) is 38.0 Å². The van der Waals surface area contributed by atoms with Crippen molar-refractivity contribution in [2.75, 3.05) is 6.61 Å². The second-order valence-corrected chi connectivity index (χ2v) is 10.1. The summed E-state index contributed by atoms with van der Waals surface area (Å²) >= 11 is 0. The van der Waals surface area contributed by atoms with Crippen LogP contribution in [0.2, 0.25) is 0 Å². The van der Waals surface area contributed by atoms with E-state index in [1.807, 2.05) is 0 Å². The Morgan fingerprint density at radius 2 is 1.50 bits per heavy atom. The molecule has 0 bridgehead atoms. The number of carbonyl (C=O) groups is 1. The fourth-order valence-electron chi connectivity index (χ4n) is 4.86. The van der Waals surface area contributed by atoms with Crippen molar-refractivity contribution in [2.24, 2.45) is 5.92 Å². The molecule has 0 saturated heterocycles. The Bertz CT molecular complexity index is 877. The number of carboxylic acid groups (broad SMARTS) is 1. The van der Waals surface area contributed by atoms with Gasteiger partial charge in [-0.25, -0.2) is 0 Å². The summed E-state index contributed by atoms with van der Waals surface area (Å²) in [6.45, 7) is 11.7. The van der Waals surface area contributed by atoms with Crippen LogP contribution in [0.1, 0.15) is 98.1 Å². The van der Waals surface area contributed by atoms with Crippen molar-refractivity contribution < 1.29 is 14.6 Å². The van der Waals surface area contributed by atoms with Gasteiger partial charge < -0.3 is 9.84 Å². The zero-order valence-corrected chi connectivity index (χ0v) is 22.2. The molecule has 1 unspecified atom stereocenters. The molecule has 0 aliphatic carbocycles. The van der Waals surface area contributed by atoms with Crippen LogP contribution < -0.4 is 4.74 Å². The lowest BCUT2D eigenvalue weighted by molar-refractivity contribution is -0.137. The maximum absolute atomic E-state index is 10.7. The summed E-state index contributed by atoms with van der Waals surface area (Å²) in [6.07, 6.45) is 11.5. The first-order valence-corrected chi connectivity index (χ1v) is 13.3. The molecule has 2 aromatic rings. The molecule has 1 N–H and O–H groups in total. The molecular weight excluding hydrogens is 420 g/mol. The van der Waals surface area contributed by atoms with E-state index in [9.17, 15) is 4.79 Å². The number of aliphatic carboxylic acids is 1. The molecule has 188 valence electrons. The van der Waals surface area contributed by atoms with E-state index in [4.69, 9.17) is 9.84 Å². The van der Waals surface area contributed by atoms with Crippen LogP contribution in [0.25, 0.3) is 0 Å². The van der Waals surface area contributed by atoms with Crippen LogP contribution in [-0.2, 0) is 17.6 Å². The largest absolute Gasteiger partial charge is 0.493 e. The number of benzene rings is 2. The lowest BCUT2D eigenvalue weighted by Crippen LogP contribution is -2.09. The topological polar surface area (TPSA) is 46.5 Å². The van der Waals surface area contributed by atoms with E-state index in [1.165, 1.54) is 71.9 Å². The Hall–Kier alpha value is -2.29. The van der Waals surface area contributed by atoms with Crippen molar-refractivity contribution in [3.05, 3.63) is 63.7 Å². The smallest absolute Gasteiger partial charge is 0.303 e. The summed E-state index contributed by atoms with van der Waals surface area (Å²) < 4.78 is 6.26. The third kappa shape index (κ3) is 9.91. The van der Waals surface area contributed by atoms with Gasteiger partial charge in [-0.05, 0) is 106 Å². The summed E-state index contributed by atoms with van der Waals surface area (Å²) in [7, 11) is 0. The molecule has 2 rings (SSSR count). The van der Waals surface area contributed by atoms with Crippen molar-refractivity contribution in [2.45, 2.75) is 105 Å². The van der Waals surface area contributed by atoms with E-state index in [0.29, 0.717) is 5.92 Å². The minimum atomic E-state index is -0.710. The summed E-state index contributed by atoms with van der Waals surface area (Å²) in [5.74, 6) is 1.02. The van der Waals surface area contributed by atoms with Crippen molar-refractivity contribution in [3.63, 3.8) is 0 Å². The van der Waals surface area contributed by atoms with E-state index in [-0.39, 0.29) is 6.42 Å². The van der Waals surface area contributed by atoms with E-state index < -0.39 is 5.97 Å². The molecule has 0 spiro atoms. The Morgan fingerprint density at radius 3 is 2.15 bits per heavy atom. The predicted octanol–water partition coefficient (Wildman–Crippen LogP) is 8.32.